The van der Waals surface area contributed by atoms with Crippen molar-refractivity contribution in [3.8, 4) is 5.69 Å². The standard InChI is InChI=1S/C21H21N3O.C7H7N5/c1-2-17-13-15-7-6-10-19(16(14-23)11-12-22)20(15)21(25)24(17)18-8-4-3-5-9-18;8-6-5-4(2-1-3-10-5)11-7(9)12-6/h3-14H,2,22-23H2,1H3;1-3H,(H4,8,9,11,12)/b12-11-,16-14+;. The van der Waals surface area contributed by atoms with Crippen LogP contribution in [0.2, 0.25) is 0 Å². The zero-order chi connectivity index (χ0) is 26.4. The molecule has 37 heavy (non-hydrogen) atoms. The fourth-order valence-corrected chi connectivity index (χ4v) is 4.12. The number of aromatic nitrogens is 4. The Hall–Kier alpha value is -5.18. The zero-order valence-corrected chi connectivity index (χ0v) is 20.4. The molecule has 0 saturated carbocycles. The monoisotopic (exact) mass is 492 g/mol. The minimum absolute atomic E-state index is 0.0547. The number of nitrogens with two attached hydrogens (primary N) is 4. The number of aryl methyl sites for hydroxylation is 1. The van der Waals surface area contributed by atoms with E-state index in [-0.39, 0.29) is 11.5 Å². The van der Waals surface area contributed by atoms with Crippen molar-refractivity contribution in [2.75, 3.05) is 11.5 Å². The van der Waals surface area contributed by atoms with Crippen molar-refractivity contribution in [1.82, 2.24) is 19.5 Å². The van der Waals surface area contributed by atoms with Gasteiger partial charge in [0.15, 0.2) is 5.82 Å². The predicted molar refractivity (Wildman–Crippen MR) is 151 cm³/mol. The lowest BCUT2D eigenvalue weighted by Crippen LogP contribution is -2.22. The van der Waals surface area contributed by atoms with Crippen molar-refractivity contribution in [2.24, 2.45) is 11.5 Å². The number of anilines is 2. The molecule has 5 rings (SSSR count). The molecule has 0 radical (unpaired) electrons. The lowest BCUT2D eigenvalue weighted by atomic mass is 9.98. The van der Waals surface area contributed by atoms with Gasteiger partial charge in [-0.15, -0.1) is 0 Å². The van der Waals surface area contributed by atoms with Crippen LogP contribution in [0.1, 0.15) is 18.2 Å². The molecule has 0 aliphatic rings. The van der Waals surface area contributed by atoms with Crippen LogP contribution >= 0.6 is 0 Å². The normalized spacial score (nSPS) is 11.5. The van der Waals surface area contributed by atoms with E-state index in [0.717, 1.165) is 28.8 Å². The average Bonchev–Trinajstić information content (AvgIpc) is 2.92. The van der Waals surface area contributed by atoms with Crippen molar-refractivity contribution in [3.63, 3.8) is 0 Å². The van der Waals surface area contributed by atoms with E-state index in [1.165, 1.54) is 12.4 Å². The minimum atomic E-state index is -0.0547. The number of benzene rings is 2. The second-order valence-electron chi connectivity index (χ2n) is 8.05. The van der Waals surface area contributed by atoms with Gasteiger partial charge in [-0.25, -0.2) is 4.98 Å². The molecule has 0 aliphatic heterocycles. The Morgan fingerprint density at radius 1 is 0.973 bits per heavy atom. The maximum absolute atomic E-state index is 13.4. The Morgan fingerprint density at radius 3 is 2.46 bits per heavy atom. The first-order chi connectivity index (χ1) is 18.0. The van der Waals surface area contributed by atoms with Crippen molar-refractivity contribution >= 4 is 39.1 Å². The van der Waals surface area contributed by atoms with Crippen LogP contribution in [0, 0.1) is 0 Å². The topological polar surface area (TPSA) is 165 Å². The quantitative estimate of drug-likeness (QED) is 0.277. The van der Waals surface area contributed by atoms with E-state index in [1.807, 2.05) is 55.5 Å². The average molecular weight is 493 g/mol. The molecule has 0 saturated heterocycles. The fraction of sp³-hybridized carbons (Fsp3) is 0.0714. The van der Waals surface area contributed by atoms with Gasteiger partial charge in [-0.2, -0.15) is 4.98 Å². The predicted octanol–water partition coefficient (Wildman–Crippen LogP) is 3.51. The van der Waals surface area contributed by atoms with Crippen LogP contribution < -0.4 is 28.5 Å². The number of nitrogen functional groups attached to an aromatic ring is 2. The third kappa shape index (κ3) is 5.10. The SMILES string of the molecule is CCc1cc2cccc(C(/C=C\N)=C/N)c2c(=O)n1-c1ccccc1.Nc1nc(N)c2ncccc2n1. The smallest absolute Gasteiger partial charge is 0.263 e. The lowest BCUT2D eigenvalue weighted by molar-refractivity contribution is 0.889. The van der Waals surface area contributed by atoms with E-state index in [2.05, 4.69) is 21.0 Å². The molecule has 0 aliphatic carbocycles. The molecular formula is C28H28N8O. The van der Waals surface area contributed by atoms with Crippen molar-refractivity contribution in [1.29, 1.82) is 0 Å². The third-order valence-corrected chi connectivity index (χ3v) is 5.76. The number of hydrogen-bond acceptors (Lipinski definition) is 8. The maximum atomic E-state index is 13.4. The van der Waals surface area contributed by atoms with Crippen LogP contribution in [-0.4, -0.2) is 19.5 Å². The first-order valence-corrected chi connectivity index (χ1v) is 11.7. The number of pyridine rings is 2. The Kier molecular flexibility index (Phi) is 7.44. The molecule has 9 nitrogen and oxygen atoms in total. The van der Waals surface area contributed by atoms with E-state index < -0.39 is 0 Å². The highest BCUT2D eigenvalue weighted by atomic mass is 16.1. The molecule has 9 heteroatoms. The van der Waals surface area contributed by atoms with Gasteiger partial charge in [0.1, 0.15) is 5.52 Å². The van der Waals surface area contributed by atoms with Crippen LogP contribution in [0.15, 0.2) is 96.2 Å². The summed E-state index contributed by atoms with van der Waals surface area (Å²) in [7, 11) is 0. The summed E-state index contributed by atoms with van der Waals surface area (Å²) in [5.41, 5.74) is 26.8. The highest BCUT2D eigenvalue weighted by Crippen LogP contribution is 2.25. The Labute approximate surface area is 213 Å². The summed E-state index contributed by atoms with van der Waals surface area (Å²) in [6.07, 6.45) is 6.99. The van der Waals surface area contributed by atoms with Gasteiger partial charge in [-0.1, -0.05) is 43.3 Å². The Balaban J connectivity index is 0.000000222. The number of hydrogen-bond donors (Lipinski definition) is 4. The second kappa shape index (κ2) is 11.0. The molecule has 0 bridgehead atoms. The maximum Gasteiger partial charge on any atom is 0.263 e. The molecule has 0 spiro atoms. The Bertz CT molecular complexity index is 1670. The van der Waals surface area contributed by atoms with Gasteiger partial charge >= 0.3 is 0 Å². The molecule has 0 amide bonds. The van der Waals surface area contributed by atoms with Gasteiger partial charge in [0.2, 0.25) is 5.95 Å². The summed E-state index contributed by atoms with van der Waals surface area (Å²) >= 11 is 0. The van der Waals surface area contributed by atoms with Crippen LogP contribution in [0.25, 0.3) is 33.1 Å². The first-order valence-electron chi connectivity index (χ1n) is 11.7. The number of fused-ring (bicyclic) bond motifs is 2. The van der Waals surface area contributed by atoms with Gasteiger partial charge in [0, 0.05) is 23.8 Å². The van der Waals surface area contributed by atoms with Gasteiger partial charge < -0.3 is 22.9 Å². The summed E-state index contributed by atoms with van der Waals surface area (Å²) in [6, 6.07) is 21.1. The first kappa shape index (κ1) is 24.9. The van der Waals surface area contributed by atoms with E-state index in [0.29, 0.717) is 27.8 Å². The largest absolute Gasteiger partial charge is 0.405 e. The van der Waals surface area contributed by atoms with Gasteiger partial charge in [0.05, 0.1) is 10.9 Å². The van der Waals surface area contributed by atoms with Gasteiger partial charge in [-0.05, 0) is 65.6 Å². The van der Waals surface area contributed by atoms with Crippen molar-refractivity contribution in [3.05, 3.63) is 113 Å². The van der Waals surface area contributed by atoms with E-state index >= 15 is 0 Å². The summed E-state index contributed by atoms with van der Waals surface area (Å²) in [5.74, 6) is 0.492. The van der Waals surface area contributed by atoms with E-state index in [9.17, 15) is 4.79 Å². The molecule has 186 valence electrons. The zero-order valence-electron chi connectivity index (χ0n) is 20.4. The van der Waals surface area contributed by atoms with Crippen LogP contribution in [0.4, 0.5) is 11.8 Å². The van der Waals surface area contributed by atoms with Gasteiger partial charge in [0.25, 0.3) is 5.56 Å². The van der Waals surface area contributed by atoms with Crippen molar-refractivity contribution in [2.45, 2.75) is 13.3 Å². The number of nitrogens with zero attached hydrogens (tertiary/aromatic N) is 4. The number of allylic oxidation sites excluding steroid dienone is 2. The van der Waals surface area contributed by atoms with Crippen LogP contribution in [0.5, 0.6) is 0 Å². The van der Waals surface area contributed by atoms with Gasteiger partial charge in [-0.3, -0.25) is 14.3 Å². The molecule has 0 atom stereocenters. The molecule has 3 aromatic heterocycles. The molecular weight excluding hydrogens is 464 g/mol. The van der Waals surface area contributed by atoms with Crippen molar-refractivity contribution < 1.29 is 0 Å². The van der Waals surface area contributed by atoms with E-state index in [4.69, 9.17) is 22.9 Å². The molecule has 3 heterocycles. The summed E-state index contributed by atoms with van der Waals surface area (Å²) < 4.78 is 1.77. The summed E-state index contributed by atoms with van der Waals surface area (Å²) in [5, 5.41) is 1.54. The van der Waals surface area contributed by atoms with Crippen LogP contribution in [-0.2, 0) is 6.42 Å². The Morgan fingerprint density at radius 2 is 1.76 bits per heavy atom. The molecule has 0 unspecified atom stereocenters. The molecule has 5 aromatic rings. The van der Waals surface area contributed by atoms with E-state index in [1.54, 1.807) is 29.0 Å². The highest BCUT2D eigenvalue weighted by molar-refractivity contribution is 5.95. The highest BCUT2D eigenvalue weighted by Gasteiger charge is 2.14. The summed E-state index contributed by atoms with van der Waals surface area (Å²) in [4.78, 5) is 25.2. The minimum Gasteiger partial charge on any atom is -0.405 e. The van der Waals surface area contributed by atoms with Crippen LogP contribution in [0.3, 0.4) is 0 Å². The number of rotatable bonds is 4. The molecule has 2 aromatic carbocycles. The second-order valence-corrected chi connectivity index (χ2v) is 8.05. The molecule has 8 N–H and O–H groups in total. The molecule has 0 fully saturated rings. The fourth-order valence-electron chi connectivity index (χ4n) is 4.12. The number of para-hydroxylation sites is 1. The summed E-state index contributed by atoms with van der Waals surface area (Å²) in [6.45, 7) is 2.05. The lowest BCUT2D eigenvalue weighted by Gasteiger charge is -2.15. The third-order valence-electron chi connectivity index (χ3n) is 5.76.